The predicted molar refractivity (Wildman–Crippen MR) is 77.4 cm³/mol. The molecule has 3 unspecified atom stereocenters. The first-order valence-electron chi connectivity index (χ1n) is 6.86. The number of hydrogen-bond donors (Lipinski definition) is 3. The van der Waals surface area contributed by atoms with Crippen LogP contribution in [-0.4, -0.2) is 17.1 Å². The molecular formula is C15H22N2O2. The van der Waals surface area contributed by atoms with Crippen molar-refractivity contribution in [3.8, 4) is 0 Å². The lowest BCUT2D eigenvalue weighted by Crippen LogP contribution is -2.30. The zero-order valence-corrected chi connectivity index (χ0v) is 11.5. The summed E-state index contributed by atoms with van der Waals surface area (Å²) in [6.45, 7) is 4.55. The highest BCUT2D eigenvalue weighted by Crippen LogP contribution is 2.32. The molecule has 1 aliphatic rings. The van der Waals surface area contributed by atoms with E-state index < -0.39 is 5.97 Å². The number of hydrogen-bond acceptors (Lipinski definition) is 3. The van der Waals surface area contributed by atoms with E-state index in [9.17, 15) is 9.90 Å². The van der Waals surface area contributed by atoms with Crippen LogP contribution < -0.4 is 11.1 Å². The Kier molecular flexibility index (Phi) is 3.98. The summed E-state index contributed by atoms with van der Waals surface area (Å²) >= 11 is 0. The van der Waals surface area contributed by atoms with Gasteiger partial charge in [-0.3, -0.25) is 0 Å². The molecule has 0 spiro atoms. The summed E-state index contributed by atoms with van der Waals surface area (Å²) in [6, 6.07) is 5.37. The third-order valence-corrected chi connectivity index (χ3v) is 4.23. The maximum atomic E-state index is 11.2. The van der Waals surface area contributed by atoms with Crippen LogP contribution >= 0.6 is 0 Å². The van der Waals surface area contributed by atoms with Gasteiger partial charge in [0.1, 0.15) is 0 Å². The minimum Gasteiger partial charge on any atom is -0.478 e. The highest BCUT2D eigenvalue weighted by Gasteiger charge is 2.25. The van der Waals surface area contributed by atoms with E-state index in [4.69, 9.17) is 5.73 Å². The average Bonchev–Trinajstić information content (AvgIpc) is 2.36. The Balaban J connectivity index is 2.13. The number of rotatable bonds is 3. The monoisotopic (exact) mass is 262 g/mol. The largest absolute Gasteiger partial charge is 0.478 e. The quantitative estimate of drug-likeness (QED) is 0.731. The van der Waals surface area contributed by atoms with Crippen LogP contribution in [0.2, 0.25) is 0 Å². The SMILES string of the molecule is CC1CCC(Nc2ccc(N)cc2C(=O)O)CC1C. The van der Waals surface area contributed by atoms with Crippen molar-refractivity contribution >= 4 is 17.3 Å². The van der Waals surface area contributed by atoms with Crippen LogP contribution in [0.5, 0.6) is 0 Å². The number of carbonyl (C=O) groups is 1. The van der Waals surface area contributed by atoms with Crippen molar-refractivity contribution in [1.29, 1.82) is 0 Å². The molecule has 4 nitrogen and oxygen atoms in total. The van der Waals surface area contributed by atoms with E-state index in [2.05, 4.69) is 19.2 Å². The Hall–Kier alpha value is -1.71. The fraction of sp³-hybridized carbons (Fsp3) is 0.533. The van der Waals surface area contributed by atoms with Crippen molar-refractivity contribution in [2.45, 2.75) is 39.2 Å². The van der Waals surface area contributed by atoms with Crippen LogP contribution in [0.3, 0.4) is 0 Å². The van der Waals surface area contributed by atoms with E-state index >= 15 is 0 Å². The lowest BCUT2D eigenvalue weighted by atomic mass is 9.79. The van der Waals surface area contributed by atoms with Gasteiger partial charge in [0.15, 0.2) is 0 Å². The highest BCUT2D eigenvalue weighted by molar-refractivity contribution is 5.95. The van der Waals surface area contributed by atoms with Crippen molar-refractivity contribution in [2.24, 2.45) is 11.8 Å². The van der Waals surface area contributed by atoms with Gasteiger partial charge in [-0.2, -0.15) is 0 Å². The molecule has 1 aromatic rings. The molecule has 1 aliphatic carbocycles. The summed E-state index contributed by atoms with van der Waals surface area (Å²) < 4.78 is 0. The lowest BCUT2D eigenvalue weighted by Gasteiger charge is -2.33. The Morgan fingerprint density at radius 1 is 1.32 bits per heavy atom. The second-order valence-corrected chi connectivity index (χ2v) is 5.72. The molecule has 3 atom stereocenters. The van der Waals surface area contributed by atoms with Gasteiger partial charge in [-0.1, -0.05) is 13.8 Å². The van der Waals surface area contributed by atoms with Gasteiger partial charge in [0.25, 0.3) is 0 Å². The van der Waals surface area contributed by atoms with Crippen molar-refractivity contribution in [3.05, 3.63) is 23.8 Å². The number of carboxylic acids is 1. The van der Waals surface area contributed by atoms with Crippen LogP contribution in [0, 0.1) is 11.8 Å². The number of nitrogens with two attached hydrogens (primary N) is 1. The van der Waals surface area contributed by atoms with E-state index in [-0.39, 0.29) is 5.56 Å². The van der Waals surface area contributed by atoms with Gasteiger partial charge in [0.2, 0.25) is 0 Å². The molecule has 0 aromatic heterocycles. The van der Waals surface area contributed by atoms with Crippen molar-refractivity contribution < 1.29 is 9.90 Å². The van der Waals surface area contributed by atoms with E-state index in [1.54, 1.807) is 12.1 Å². The Morgan fingerprint density at radius 3 is 2.68 bits per heavy atom. The van der Waals surface area contributed by atoms with Crippen LogP contribution in [0.25, 0.3) is 0 Å². The second kappa shape index (κ2) is 5.51. The minimum atomic E-state index is -0.938. The van der Waals surface area contributed by atoms with Gasteiger partial charge in [-0.25, -0.2) is 4.79 Å². The molecule has 19 heavy (non-hydrogen) atoms. The number of benzene rings is 1. The molecule has 0 amide bonds. The first-order valence-corrected chi connectivity index (χ1v) is 6.86. The smallest absolute Gasteiger partial charge is 0.337 e. The maximum absolute atomic E-state index is 11.2. The van der Waals surface area contributed by atoms with Gasteiger partial charge in [-0.05, 0) is 49.3 Å². The van der Waals surface area contributed by atoms with E-state index in [0.717, 1.165) is 18.8 Å². The number of nitrogen functional groups attached to an aromatic ring is 1. The molecular weight excluding hydrogens is 240 g/mol. The summed E-state index contributed by atoms with van der Waals surface area (Å²) in [5.41, 5.74) is 7.06. The summed E-state index contributed by atoms with van der Waals surface area (Å²) in [7, 11) is 0. The molecule has 0 saturated heterocycles. The Morgan fingerprint density at radius 2 is 2.05 bits per heavy atom. The van der Waals surface area contributed by atoms with Crippen molar-refractivity contribution in [1.82, 2.24) is 0 Å². The maximum Gasteiger partial charge on any atom is 0.337 e. The molecule has 2 rings (SSSR count). The number of carboxylic acid groups (broad SMARTS) is 1. The van der Waals surface area contributed by atoms with Gasteiger partial charge in [-0.15, -0.1) is 0 Å². The molecule has 0 bridgehead atoms. The Labute approximate surface area is 114 Å². The summed E-state index contributed by atoms with van der Waals surface area (Å²) in [4.78, 5) is 11.2. The van der Waals surface area contributed by atoms with E-state index in [1.165, 1.54) is 12.5 Å². The average molecular weight is 262 g/mol. The molecule has 4 N–H and O–H groups in total. The molecule has 1 aromatic carbocycles. The van der Waals surface area contributed by atoms with E-state index in [1.807, 2.05) is 0 Å². The number of anilines is 2. The van der Waals surface area contributed by atoms with Crippen molar-refractivity contribution in [2.75, 3.05) is 11.1 Å². The molecule has 0 radical (unpaired) electrons. The zero-order valence-electron chi connectivity index (χ0n) is 11.5. The lowest BCUT2D eigenvalue weighted by molar-refractivity contribution is 0.0698. The molecule has 104 valence electrons. The van der Waals surface area contributed by atoms with Crippen LogP contribution in [-0.2, 0) is 0 Å². The minimum absolute atomic E-state index is 0.256. The highest BCUT2D eigenvalue weighted by atomic mass is 16.4. The zero-order chi connectivity index (χ0) is 14.0. The standard InChI is InChI=1S/C15H22N2O2/c1-9-3-5-12(7-10(9)2)17-14-6-4-11(16)8-13(14)15(18)19/h4,6,8-10,12,17H,3,5,7,16H2,1-2H3,(H,18,19). The van der Waals surface area contributed by atoms with Crippen LogP contribution in [0.15, 0.2) is 18.2 Å². The second-order valence-electron chi connectivity index (χ2n) is 5.72. The summed E-state index contributed by atoms with van der Waals surface area (Å²) in [5, 5.41) is 12.6. The molecule has 1 fully saturated rings. The topological polar surface area (TPSA) is 75.3 Å². The van der Waals surface area contributed by atoms with Gasteiger partial charge in [0.05, 0.1) is 5.56 Å². The van der Waals surface area contributed by atoms with E-state index in [0.29, 0.717) is 23.3 Å². The molecule has 4 heteroatoms. The van der Waals surface area contributed by atoms with Crippen molar-refractivity contribution in [3.63, 3.8) is 0 Å². The predicted octanol–water partition coefficient (Wildman–Crippen LogP) is 3.20. The van der Waals surface area contributed by atoms with Crippen LogP contribution in [0.1, 0.15) is 43.5 Å². The fourth-order valence-electron chi connectivity index (χ4n) is 2.76. The molecule has 0 aliphatic heterocycles. The molecule has 1 saturated carbocycles. The van der Waals surface area contributed by atoms with Gasteiger partial charge < -0.3 is 16.2 Å². The van der Waals surface area contributed by atoms with Gasteiger partial charge >= 0.3 is 5.97 Å². The normalized spacial score (nSPS) is 26.9. The van der Waals surface area contributed by atoms with Crippen LogP contribution in [0.4, 0.5) is 11.4 Å². The summed E-state index contributed by atoms with van der Waals surface area (Å²) in [5.74, 6) is 0.490. The fourth-order valence-corrected chi connectivity index (χ4v) is 2.76. The first-order chi connectivity index (χ1) is 8.97. The third kappa shape index (κ3) is 3.19. The summed E-state index contributed by atoms with van der Waals surface area (Å²) in [6.07, 6.45) is 3.37. The third-order valence-electron chi connectivity index (χ3n) is 4.23. The Bertz CT molecular complexity index is 473. The number of aromatic carboxylic acids is 1. The molecule has 0 heterocycles. The first kappa shape index (κ1) is 13.7. The number of nitrogens with one attached hydrogen (secondary N) is 1. The van der Waals surface area contributed by atoms with Gasteiger partial charge in [0, 0.05) is 17.4 Å².